The van der Waals surface area contributed by atoms with Crippen molar-refractivity contribution in [2.45, 2.75) is 50.9 Å². The van der Waals surface area contributed by atoms with Crippen molar-refractivity contribution < 1.29 is 24.4 Å². The topological polar surface area (TPSA) is 68.2 Å². The first-order chi connectivity index (χ1) is 14.1. The highest BCUT2D eigenvalue weighted by atomic mass is 35.5. The number of aliphatic hydroxyl groups excluding tert-OH is 2. The molecule has 0 amide bonds. The summed E-state index contributed by atoms with van der Waals surface area (Å²) in [7, 11) is 0. The standard InChI is InChI=1S/C23H27ClO5/c1-2-27-17-5-3-14(4-6-17)9-15-10-20(23-19(22(15)24)7-8-28-23)21-12-16(26)11-18(13-25)29-21/h3-6,10,16,18,21,25-26H,2,7-9,11-13H2,1H3. The van der Waals surface area contributed by atoms with E-state index in [1.807, 2.05) is 37.3 Å². The fourth-order valence-electron chi connectivity index (χ4n) is 4.20. The Morgan fingerprint density at radius 1 is 1.21 bits per heavy atom. The second-order valence-electron chi connectivity index (χ2n) is 7.65. The first-order valence-electron chi connectivity index (χ1n) is 10.2. The first kappa shape index (κ1) is 20.5. The van der Waals surface area contributed by atoms with Gasteiger partial charge in [-0.2, -0.15) is 0 Å². The van der Waals surface area contributed by atoms with E-state index in [1.165, 1.54) is 0 Å². The lowest BCUT2D eigenvalue weighted by Gasteiger charge is -2.33. The van der Waals surface area contributed by atoms with Crippen LogP contribution < -0.4 is 9.47 Å². The summed E-state index contributed by atoms with van der Waals surface area (Å²) in [5.74, 6) is 1.63. The van der Waals surface area contributed by atoms with Crippen LogP contribution in [0.25, 0.3) is 0 Å². The fourth-order valence-corrected chi connectivity index (χ4v) is 4.50. The van der Waals surface area contributed by atoms with Gasteiger partial charge in [0.05, 0.1) is 43.2 Å². The molecule has 3 unspecified atom stereocenters. The van der Waals surface area contributed by atoms with E-state index in [2.05, 4.69) is 0 Å². The van der Waals surface area contributed by atoms with E-state index in [4.69, 9.17) is 25.8 Å². The summed E-state index contributed by atoms with van der Waals surface area (Å²) >= 11 is 6.75. The van der Waals surface area contributed by atoms with Crippen molar-refractivity contribution in [3.63, 3.8) is 0 Å². The molecule has 0 aromatic heterocycles. The van der Waals surface area contributed by atoms with Gasteiger partial charge in [0.25, 0.3) is 0 Å². The Morgan fingerprint density at radius 2 is 2.00 bits per heavy atom. The van der Waals surface area contributed by atoms with E-state index < -0.39 is 6.10 Å². The predicted molar refractivity (Wildman–Crippen MR) is 111 cm³/mol. The maximum atomic E-state index is 10.2. The Morgan fingerprint density at radius 3 is 2.72 bits per heavy atom. The smallest absolute Gasteiger partial charge is 0.129 e. The normalized spacial score (nSPS) is 23.5. The highest BCUT2D eigenvalue weighted by Gasteiger charge is 2.34. The molecule has 0 aliphatic carbocycles. The van der Waals surface area contributed by atoms with Gasteiger partial charge < -0.3 is 24.4 Å². The third kappa shape index (κ3) is 4.38. The average Bonchev–Trinajstić information content (AvgIpc) is 3.21. The zero-order valence-electron chi connectivity index (χ0n) is 16.6. The molecule has 156 valence electrons. The summed E-state index contributed by atoms with van der Waals surface area (Å²) in [5.41, 5.74) is 4.08. The summed E-state index contributed by atoms with van der Waals surface area (Å²) in [6.45, 7) is 3.09. The van der Waals surface area contributed by atoms with E-state index in [0.717, 1.165) is 45.2 Å². The summed E-state index contributed by atoms with van der Waals surface area (Å²) in [4.78, 5) is 0. The second kappa shape index (κ2) is 8.92. The van der Waals surface area contributed by atoms with Crippen LogP contribution >= 0.6 is 11.6 Å². The van der Waals surface area contributed by atoms with Crippen LogP contribution in [0.15, 0.2) is 30.3 Å². The van der Waals surface area contributed by atoms with Crippen molar-refractivity contribution in [1.82, 2.24) is 0 Å². The molecule has 2 aromatic carbocycles. The van der Waals surface area contributed by atoms with Crippen LogP contribution in [0.5, 0.6) is 11.5 Å². The number of fused-ring (bicyclic) bond motifs is 1. The highest BCUT2D eigenvalue weighted by Crippen LogP contribution is 2.44. The van der Waals surface area contributed by atoms with Crippen LogP contribution in [0.3, 0.4) is 0 Å². The molecular weight excluding hydrogens is 392 g/mol. The van der Waals surface area contributed by atoms with Crippen molar-refractivity contribution >= 4 is 11.6 Å². The van der Waals surface area contributed by atoms with Gasteiger partial charge in [0.2, 0.25) is 0 Å². The minimum atomic E-state index is -0.506. The summed E-state index contributed by atoms with van der Waals surface area (Å²) in [6.07, 6.45) is 1.18. The van der Waals surface area contributed by atoms with Gasteiger partial charge in [-0.05, 0) is 42.7 Å². The molecule has 2 heterocycles. The number of aliphatic hydroxyl groups is 2. The third-order valence-electron chi connectivity index (χ3n) is 5.57. The van der Waals surface area contributed by atoms with Gasteiger partial charge in [0, 0.05) is 30.4 Å². The molecule has 3 atom stereocenters. The van der Waals surface area contributed by atoms with Crippen LogP contribution in [-0.2, 0) is 17.6 Å². The molecule has 0 radical (unpaired) electrons. The fraction of sp³-hybridized carbons (Fsp3) is 0.478. The van der Waals surface area contributed by atoms with E-state index >= 15 is 0 Å². The molecular formula is C23H27ClO5. The molecule has 4 rings (SSSR count). The quantitative estimate of drug-likeness (QED) is 0.746. The van der Waals surface area contributed by atoms with Gasteiger partial charge in [-0.25, -0.2) is 0 Å². The number of ether oxygens (including phenoxy) is 3. The number of hydrogen-bond donors (Lipinski definition) is 2. The Labute approximate surface area is 176 Å². The van der Waals surface area contributed by atoms with Gasteiger partial charge >= 0.3 is 0 Å². The lowest BCUT2D eigenvalue weighted by atomic mass is 9.91. The van der Waals surface area contributed by atoms with Gasteiger partial charge in [0.1, 0.15) is 11.5 Å². The Balaban J connectivity index is 1.65. The monoisotopic (exact) mass is 418 g/mol. The molecule has 0 bridgehead atoms. The van der Waals surface area contributed by atoms with E-state index in [0.29, 0.717) is 32.5 Å². The van der Waals surface area contributed by atoms with Crippen LogP contribution in [0, 0.1) is 0 Å². The van der Waals surface area contributed by atoms with E-state index in [9.17, 15) is 10.2 Å². The van der Waals surface area contributed by atoms with Gasteiger partial charge in [-0.15, -0.1) is 0 Å². The lowest BCUT2D eigenvalue weighted by molar-refractivity contribution is -0.114. The molecule has 1 saturated heterocycles. The molecule has 2 N–H and O–H groups in total. The van der Waals surface area contributed by atoms with E-state index in [-0.39, 0.29) is 18.8 Å². The van der Waals surface area contributed by atoms with Crippen LogP contribution in [0.2, 0.25) is 5.02 Å². The predicted octanol–water partition coefficient (Wildman–Crippen LogP) is 3.84. The van der Waals surface area contributed by atoms with Crippen LogP contribution in [0.4, 0.5) is 0 Å². The van der Waals surface area contributed by atoms with E-state index in [1.54, 1.807) is 0 Å². The van der Waals surface area contributed by atoms with Gasteiger partial charge in [0.15, 0.2) is 0 Å². The van der Waals surface area contributed by atoms with Crippen molar-refractivity contribution in [2.75, 3.05) is 19.8 Å². The number of hydrogen-bond acceptors (Lipinski definition) is 5. The van der Waals surface area contributed by atoms with Crippen molar-refractivity contribution in [3.8, 4) is 11.5 Å². The average molecular weight is 419 g/mol. The summed E-state index contributed by atoms with van der Waals surface area (Å²) in [6, 6.07) is 10.1. The summed E-state index contributed by atoms with van der Waals surface area (Å²) in [5, 5.41) is 20.5. The number of rotatable bonds is 6. The number of halogens is 1. The van der Waals surface area contributed by atoms with Crippen LogP contribution in [-0.4, -0.2) is 42.2 Å². The SMILES string of the molecule is CCOc1ccc(Cc2cc(C3CC(O)CC(CO)O3)c3c(c2Cl)CCO3)cc1. The van der Waals surface area contributed by atoms with Gasteiger partial charge in [-0.3, -0.25) is 0 Å². The molecule has 6 heteroatoms. The van der Waals surface area contributed by atoms with Crippen molar-refractivity contribution in [2.24, 2.45) is 0 Å². The first-order valence-corrected chi connectivity index (χ1v) is 10.6. The van der Waals surface area contributed by atoms with Crippen LogP contribution in [0.1, 0.15) is 48.1 Å². The maximum absolute atomic E-state index is 10.2. The molecule has 0 saturated carbocycles. The maximum Gasteiger partial charge on any atom is 0.129 e. The van der Waals surface area contributed by atoms with Crippen molar-refractivity contribution in [1.29, 1.82) is 0 Å². The molecule has 29 heavy (non-hydrogen) atoms. The summed E-state index contributed by atoms with van der Waals surface area (Å²) < 4.78 is 17.5. The van der Waals surface area contributed by atoms with Crippen molar-refractivity contribution in [3.05, 3.63) is 57.6 Å². The highest BCUT2D eigenvalue weighted by molar-refractivity contribution is 6.32. The zero-order chi connectivity index (χ0) is 20.4. The second-order valence-corrected chi connectivity index (χ2v) is 8.03. The zero-order valence-corrected chi connectivity index (χ0v) is 17.3. The molecule has 1 fully saturated rings. The minimum absolute atomic E-state index is 0.108. The molecule has 5 nitrogen and oxygen atoms in total. The molecule has 2 aliphatic heterocycles. The Hall–Kier alpha value is -1.79. The minimum Gasteiger partial charge on any atom is -0.494 e. The lowest BCUT2D eigenvalue weighted by Crippen LogP contribution is -2.33. The Kier molecular flexibility index (Phi) is 6.30. The Bertz CT molecular complexity index is 851. The third-order valence-corrected chi connectivity index (χ3v) is 6.04. The molecule has 0 spiro atoms. The van der Waals surface area contributed by atoms with Gasteiger partial charge in [-0.1, -0.05) is 23.7 Å². The largest absolute Gasteiger partial charge is 0.494 e. The molecule has 2 aliphatic rings. The number of benzene rings is 2. The molecule has 2 aromatic rings.